The molecule has 0 spiro atoms. The highest BCUT2D eigenvalue weighted by Gasteiger charge is 2.35. The first-order valence-electron chi connectivity index (χ1n) is 9.55. The normalized spacial score (nSPS) is 16.1. The number of carbonyl (C=O) groups excluding carboxylic acids is 1. The van der Waals surface area contributed by atoms with E-state index >= 15 is 0 Å². The minimum atomic E-state index is -4.28. The molecule has 1 amide bonds. The van der Waals surface area contributed by atoms with Crippen molar-refractivity contribution in [3.63, 3.8) is 0 Å². The van der Waals surface area contributed by atoms with Crippen LogP contribution in [0.4, 0.5) is 10.1 Å². The zero-order valence-electron chi connectivity index (χ0n) is 16.4. The van der Waals surface area contributed by atoms with Crippen molar-refractivity contribution in [2.75, 3.05) is 11.4 Å². The molecule has 0 radical (unpaired) electrons. The summed E-state index contributed by atoms with van der Waals surface area (Å²) in [6, 6.07) is 15.8. The minimum Gasteiger partial charge on any atom is -0.468 e. The van der Waals surface area contributed by atoms with Crippen LogP contribution in [0, 0.1) is 5.82 Å². The molecule has 8 heteroatoms. The van der Waals surface area contributed by atoms with Crippen molar-refractivity contribution in [3.05, 3.63) is 84.1 Å². The second kappa shape index (κ2) is 8.04. The number of benzene rings is 2. The maximum absolute atomic E-state index is 14.3. The number of anilines is 1. The number of hydrogen-bond acceptors (Lipinski definition) is 4. The summed E-state index contributed by atoms with van der Waals surface area (Å²) in [6.07, 6.45) is 2.12. The zero-order valence-corrected chi connectivity index (χ0v) is 17.2. The van der Waals surface area contributed by atoms with Gasteiger partial charge in [-0.2, -0.15) is 4.31 Å². The van der Waals surface area contributed by atoms with E-state index in [1.54, 1.807) is 17.0 Å². The molecular formula is C22H21FN2O4S. The van der Waals surface area contributed by atoms with Crippen LogP contribution in [0.2, 0.25) is 0 Å². The SMILES string of the molecule is C[C@@H]1Cc2ccccc2N1C(=O)CN(Cc1ccco1)S(=O)(=O)c1ccccc1F. The van der Waals surface area contributed by atoms with Crippen LogP contribution in [0.15, 0.2) is 76.2 Å². The molecule has 30 heavy (non-hydrogen) atoms. The van der Waals surface area contributed by atoms with Gasteiger partial charge in [0.05, 0.1) is 19.4 Å². The second-order valence-corrected chi connectivity index (χ2v) is 9.13. The number of halogens is 1. The van der Waals surface area contributed by atoms with Gasteiger partial charge in [0.25, 0.3) is 0 Å². The maximum atomic E-state index is 14.3. The Morgan fingerprint density at radius 2 is 1.87 bits per heavy atom. The van der Waals surface area contributed by atoms with Gasteiger partial charge < -0.3 is 9.32 Å². The molecule has 1 atom stereocenters. The van der Waals surface area contributed by atoms with E-state index in [1.807, 2.05) is 31.2 Å². The lowest BCUT2D eigenvalue weighted by Crippen LogP contribution is -2.45. The van der Waals surface area contributed by atoms with Crippen molar-refractivity contribution in [1.29, 1.82) is 0 Å². The summed E-state index contributed by atoms with van der Waals surface area (Å²) in [6.45, 7) is 1.30. The van der Waals surface area contributed by atoms with Crippen LogP contribution in [0.3, 0.4) is 0 Å². The van der Waals surface area contributed by atoms with Crippen molar-refractivity contribution in [3.8, 4) is 0 Å². The van der Waals surface area contributed by atoms with E-state index in [4.69, 9.17) is 4.42 Å². The van der Waals surface area contributed by atoms with Gasteiger partial charge in [0.2, 0.25) is 15.9 Å². The van der Waals surface area contributed by atoms with Gasteiger partial charge in [0.15, 0.2) is 0 Å². The van der Waals surface area contributed by atoms with Crippen LogP contribution in [0.5, 0.6) is 0 Å². The molecule has 6 nitrogen and oxygen atoms in total. The van der Waals surface area contributed by atoms with Crippen molar-refractivity contribution in [2.45, 2.75) is 30.8 Å². The lowest BCUT2D eigenvalue weighted by molar-refractivity contribution is -0.119. The third kappa shape index (κ3) is 3.76. The third-order valence-electron chi connectivity index (χ3n) is 5.15. The smallest absolute Gasteiger partial charge is 0.246 e. The number of hydrogen-bond donors (Lipinski definition) is 0. The highest BCUT2D eigenvalue weighted by atomic mass is 32.2. The van der Waals surface area contributed by atoms with Crippen molar-refractivity contribution >= 4 is 21.6 Å². The molecule has 2 heterocycles. The molecule has 156 valence electrons. The number of rotatable bonds is 6. The summed E-state index contributed by atoms with van der Waals surface area (Å²) in [4.78, 5) is 14.4. The maximum Gasteiger partial charge on any atom is 0.246 e. The van der Waals surface area contributed by atoms with E-state index in [2.05, 4.69) is 0 Å². The van der Waals surface area contributed by atoms with Gasteiger partial charge >= 0.3 is 0 Å². The standard InChI is InChI=1S/C22H21FN2O4S/c1-16-13-17-7-2-4-10-20(17)25(16)22(26)15-24(14-18-8-6-12-29-18)30(27,28)21-11-5-3-9-19(21)23/h2-12,16H,13-15H2,1H3/t16-/m1/s1. The lowest BCUT2D eigenvalue weighted by Gasteiger charge is -2.27. The predicted molar refractivity (Wildman–Crippen MR) is 110 cm³/mol. The summed E-state index contributed by atoms with van der Waals surface area (Å²) in [7, 11) is -4.28. The summed E-state index contributed by atoms with van der Waals surface area (Å²) in [5.41, 5.74) is 1.81. The highest BCUT2D eigenvalue weighted by Crippen LogP contribution is 2.32. The molecule has 1 aliphatic heterocycles. The van der Waals surface area contributed by atoms with E-state index in [0.717, 1.165) is 21.6 Å². The number of nitrogens with zero attached hydrogens (tertiary/aromatic N) is 2. The predicted octanol–water partition coefficient (Wildman–Crippen LogP) is 3.59. The molecule has 0 fully saturated rings. The molecule has 4 rings (SSSR count). The first kappa shape index (κ1) is 20.3. The molecule has 1 aliphatic rings. The van der Waals surface area contributed by atoms with Gasteiger partial charge in [-0.1, -0.05) is 30.3 Å². The van der Waals surface area contributed by atoms with Crippen LogP contribution in [0.25, 0.3) is 0 Å². The fourth-order valence-corrected chi connectivity index (χ4v) is 5.19. The molecule has 0 aliphatic carbocycles. The van der Waals surface area contributed by atoms with Gasteiger partial charge in [-0.05, 0) is 49.2 Å². The third-order valence-corrected chi connectivity index (χ3v) is 6.98. The number of para-hydroxylation sites is 1. The zero-order chi connectivity index (χ0) is 21.3. The molecule has 0 saturated carbocycles. The second-order valence-electron chi connectivity index (χ2n) is 7.23. The van der Waals surface area contributed by atoms with Gasteiger partial charge in [-0.15, -0.1) is 0 Å². The Hall–Kier alpha value is -2.97. The quantitative estimate of drug-likeness (QED) is 0.602. The number of furan rings is 1. The Morgan fingerprint density at radius 3 is 2.60 bits per heavy atom. The first-order valence-corrected chi connectivity index (χ1v) is 11.0. The fraction of sp³-hybridized carbons (Fsp3) is 0.227. The lowest BCUT2D eigenvalue weighted by atomic mass is 10.1. The average molecular weight is 428 g/mol. The van der Waals surface area contributed by atoms with Gasteiger partial charge in [-0.3, -0.25) is 4.79 Å². The number of sulfonamides is 1. The van der Waals surface area contributed by atoms with E-state index in [0.29, 0.717) is 12.2 Å². The van der Waals surface area contributed by atoms with Gasteiger partial charge in [0.1, 0.15) is 16.5 Å². The fourth-order valence-electron chi connectivity index (χ4n) is 3.77. The molecule has 0 N–H and O–H groups in total. The Morgan fingerprint density at radius 1 is 1.13 bits per heavy atom. The topological polar surface area (TPSA) is 70.8 Å². The van der Waals surface area contributed by atoms with E-state index in [1.165, 1.54) is 24.5 Å². The Balaban J connectivity index is 1.67. The largest absolute Gasteiger partial charge is 0.468 e. The van der Waals surface area contributed by atoms with E-state index in [9.17, 15) is 17.6 Å². The molecule has 2 aromatic carbocycles. The molecule has 3 aromatic rings. The summed E-state index contributed by atoms with van der Waals surface area (Å²) in [5, 5.41) is 0. The summed E-state index contributed by atoms with van der Waals surface area (Å²) in [5.74, 6) is -0.884. The van der Waals surface area contributed by atoms with E-state index in [-0.39, 0.29) is 18.5 Å². The number of fused-ring (bicyclic) bond motifs is 1. The van der Waals surface area contributed by atoms with E-state index < -0.39 is 27.3 Å². The molecule has 0 saturated heterocycles. The Bertz CT molecular complexity index is 1160. The molecule has 1 aromatic heterocycles. The first-order chi connectivity index (χ1) is 14.4. The van der Waals surface area contributed by atoms with Crippen LogP contribution in [-0.2, 0) is 27.8 Å². The van der Waals surface area contributed by atoms with Crippen molar-refractivity contribution in [2.24, 2.45) is 0 Å². The van der Waals surface area contributed by atoms with Crippen LogP contribution >= 0.6 is 0 Å². The molecule has 0 unspecified atom stereocenters. The van der Waals surface area contributed by atoms with Gasteiger partial charge in [-0.25, -0.2) is 12.8 Å². The summed E-state index contributed by atoms with van der Waals surface area (Å²) < 4.78 is 47.0. The Kier molecular flexibility index (Phi) is 5.44. The monoisotopic (exact) mass is 428 g/mol. The number of amides is 1. The minimum absolute atomic E-state index is 0.100. The number of carbonyl (C=O) groups is 1. The van der Waals surface area contributed by atoms with Crippen molar-refractivity contribution < 1.29 is 22.0 Å². The molecule has 0 bridgehead atoms. The van der Waals surface area contributed by atoms with Crippen molar-refractivity contribution in [1.82, 2.24) is 4.31 Å². The van der Waals surface area contributed by atoms with Gasteiger partial charge in [0, 0.05) is 11.7 Å². The summed E-state index contributed by atoms with van der Waals surface area (Å²) >= 11 is 0. The Labute approximate surface area is 174 Å². The average Bonchev–Trinajstić information content (AvgIpc) is 3.34. The highest BCUT2D eigenvalue weighted by molar-refractivity contribution is 7.89. The molecular weight excluding hydrogens is 407 g/mol. The van der Waals surface area contributed by atoms with Crippen LogP contribution in [-0.4, -0.2) is 31.2 Å². The van der Waals surface area contributed by atoms with Crippen LogP contribution in [0.1, 0.15) is 18.2 Å². The van der Waals surface area contributed by atoms with Crippen LogP contribution < -0.4 is 4.90 Å².